The maximum absolute atomic E-state index is 12.6. The van der Waals surface area contributed by atoms with Crippen LogP contribution < -0.4 is 15.2 Å². The molecule has 9 heteroatoms. The summed E-state index contributed by atoms with van der Waals surface area (Å²) in [6.07, 6.45) is 2.23. The number of carbonyl (C=O) groups is 2. The lowest BCUT2D eigenvalue weighted by Gasteiger charge is -2.18. The molecular weight excluding hydrogens is 494 g/mol. The van der Waals surface area contributed by atoms with E-state index in [1.54, 1.807) is 14.2 Å². The zero-order valence-corrected chi connectivity index (χ0v) is 22.1. The number of nitrogens with two attached hydrogens (primary N) is 1. The summed E-state index contributed by atoms with van der Waals surface area (Å²) in [5.74, 6) is -2.07. The van der Waals surface area contributed by atoms with E-state index in [9.17, 15) is 18.4 Å². The Labute approximate surface area is 221 Å². The number of hydrogen-bond acceptors (Lipinski definition) is 5. The van der Waals surface area contributed by atoms with E-state index >= 15 is 0 Å². The average Bonchev–Trinajstić information content (AvgIpc) is 2.86. The van der Waals surface area contributed by atoms with Crippen molar-refractivity contribution >= 4 is 11.9 Å². The SMILES string of the molecule is COc1ccc(CCN(C)C)c(OC)c1Cc1cccc(CCC(=O)O)c1.NC(=O)c1c(F)cccc1F. The number of likely N-dealkylation sites (N-methyl/N-ethyl adjacent to an activating group) is 1. The van der Waals surface area contributed by atoms with Crippen LogP contribution in [0.3, 0.4) is 0 Å². The number of benzene rings is 3. The standard InChI is InChI=1S/C22H29NO4.C7H5F2NO/c1-23(2)13-12-18-9-10-20(26-3)19(22(18)27-4)15-17-7-5-6-16(14-17)8-11-21(24)25;8-4-2-1-3-5(9)6(4)7(10)11/h5-7,9-10,14H,8,11-13,15H2,1-4H3,(H,24,25);1-3H,(H2,10,11). The number of ether oxygens (including phenoxy) is 2. The van der Waals surface area contributed by atoms with Gasteiger partial charge in [0.2, 0.25) is 0 Å². The van der Waals surface area contributed by atoms with Crippen LogP contribution in [0.5, 0.6) is 11.5 Å². The van der Waals surface area contributed by atoms with Gasteiger partial charge in [0.1, 0.15) is 28.7 Å². The molecule has 38 heavy (non-hydrogen) atoms. The Morgan fingerprint density at radius 1 is 0.921 bits per heavy atom. The van der Waals surface area contributed by atoms with Crippen molar-refractivity contribution in [2.45, 2.75) is 25.7 Å². The topological polar surface area (TPSA) is 102 Å². The quantitative estimate of drug-likeness (QED) is 0.381. The van der Waals surface area contributed by atoms with Crippen LogP contribution in [0.25, 0.3) is 0 Å². The second kappa shape index (κ2) is 14.7. The molecule has 1 amide bonds. The second-order valence-corrected chi connectivity index (χ2v) is 8.84. The van der Waals surface area contributed by atoms with Crippen LogP contribution in [0.4, 0.5) is 8.78 Å². The van der Waals surface area contributed by atoms with Gasteiger partial charge in [-0.2, -0.15) is 0 Å². The number of methoxy groups -OCH3 is 2. The molecule has 0 unspecified atom stereocenters. The minimum atomic E-state index is -1.10. The van der Waals surface area contributed by atoms with Gasteiger partial charge in [-0.05, 0) is 61.8 Å². The molecule has 3 N–H and O–H groups in total. The molecule has 0 saturated heterocycles. The highest BCUT2D eigenvalue weighted by molar-refractivity contribution is 5.93. The molecule has 7 nitrogen and oxygen atoms in total. The second-order valence-electron chi connectivity index (χ2n) is 8.84. The van der Waals surface area contributed by atoms with Gasteiger partial charge in [0.05, 0.1) is 14.2 Å². The molecule has 3 rings (SSSR count). The highest BCUT2D eigenvalue weighted by atomic mass is 19.1. The number of rotatable bonds is 11. The molecular formula is C29H34F2N2O5. The van der Waals surface area contributed by atoms with Crippen molar-refractivity contribution in [3.63, 3.8) is 0 Å². The van der Waals surface area contributed by atoms with Crippen LogP contribution in [0.1, 0.15) is 39.0 Å². The maximum atomic E-state index is 12.6. The molecule has 0 fully saturated rings. The molecule has 0 aliphatic carbocycles. The van der Waals surface area contributed by atoms with Gasteiger partial charge >= 0.3 is 5.97 Å². The number of aryl methyl sites for hydroxylation is 1. The average molecular weight is 529 g/mol. The number of amides is 1. The molecule has 0 aliphatic rings. The van der Waals surface area contributed by atoms with Gasteiger partial charge in [0.15, 0.2) is 0 Å². The summed E-state index contributed by atoms with van der Waals surface area (Å²) < 4.78 is 36.5. The lowest BCUT2D eigenvalue weighted by molar-refractivity contribution is -0.136. The van der Waals surface area contributed by atoms with Crippen LogP contribution in [-0.2, 0) is 24.1 Å². The Kier molecular flexibility index (Phi) is 11.7. The summed E-state index contributed by atoms with van der Waals surface area (Å²) in [6.45, 7) is 0.937. The van der Waals surface area contributed by atoms with Gasteiger partial charge in [-0.1, -0.05) is 36.4 Å². The first-order valence-electron chi connectivity index (χ1n) is 12.0. The van der Waals surface area contributed by atoms with Crippen molar-refractivity contribution < 1.29 is 33.0 Å². The number of carboxylic acid groups (broad SMARTS) is 1. The van der Waals surface area contributed by atoms with Crippen molar-refractivity contribution in [3.8, 4) is 11.5 Å². The molecule has 0 atom stereocenters. The first-order chi connectivity index (χ1) is 18.1. The molecule has 3 aromatic carbocycles. The number of primary amides is 1. The third-order valence-electron chi connectivity index (χ3n) is 5.76. The normalized spacial score (nSPS) is 10.5. The number of carboxylic acids is 1. The third kappa shape index (κ3) is 8.85. The molecule has 0 aromatic heterocycles. The van der Waals surface area contributed by atoms with Crippen molar-refractivity contribution in [3.05, 3.63) is 94.0 Å². The van der Waals surface area contributed by atoms with E-state index in [4.69, 9.17) is 20.3 Å². The number of carbonyl (C=O) groups excluding carboxylic acids is 1. The van der Waals surface area contributed by atoms with E-state index in [0.29, 0.717) is 12.8 Å². The Morgan fingerprint density at radius 3 is 2.08 bits per heavy atom. The first-order valence-corrected chi connectivity index (χ1v) is 12.0. The molecule has 0 heterocycles. The van der Waals surface area contributed by atoms with Gasteiger partial charge in [-0.25, -0.2) is 8.78 Å². The summed E-state index contributed by atoms with van der Waals surface area (Å²) in [7, 11) is 7.47. The molecule has 0 bridgehead atoms. The fourth-order valence-electron chi connectivity index (χ4n) is 3.90. The largest absolute Gasteiger partial charge is 0.496 e. The zero-order chi connectivity index (χ0) is 28.2. The summed E-state index contributed by atoms with van der Waals surface area (Å²) in [5, 5.41) is 8.90. The Morgan fingerprint density at radius 2 is 1.55 bits per heavy atom. The van der Waals surface area contributed by atoms with Crippen molar-refractivity contribution in [1.29, 1.82) is 0 Å². The highest BCUT2D eigenvalue weighted by Crippen LogP contribution is 2.34. The Hall–Kier alpha value is -3.98. The van der Waals surface area contributed by atoms with Gasteiger partial charge in [-0.3, -0.25) is 9.59 Å². The fourth-order valence-corrected chi connectivity index (χ4v) is 3.90. The van der Waals surface area contributed by atoms with Crippen LogP contribution in [0.2, 0.25) is 0 Å². The molecule has 0 radical (unpaired) electrons. The predicted octanol–water partition coefficient (Wildman–Crippen LogP) is 4.48. The van der Waals surface area contributed by atoms with E-state index in [2.05, 4.69) is 37.2 Å². The Bertz CT molecular complexity index is 1230. The highest BCUT2D eigenvalue weighted by Gasteiger charge is 2.16. The van der Waals surface area contributed by atoms with E-state index in [1.807, 2.05) is 18.2 Å². The van der Waals surface area contributed by atoms with Crippen molar-refractivity contribution in [2.24, 2.45) is 5.73 Å². The van der Waals surface area contributed by atoms with Crippen molar-refractivity contribution in [1.82, 2.24) is 4.90 Å². The minimum absolute atomic E-state index is 0.135. The molecule has 3 aromatic rings. The van der Waals surface area contributed by atoms with Gasteiger partial charge in [0, 0.05) is 24.9 Å². The summed E-state index contributed by atoms with van der Waals surface area (Å²) in [6, 6.07) is 15.2. The number of aliphatic carboxylic acids is 1. The van der Waals surface area contributed by atoms with Crippen LogP contribution in [-0.4, -0.2) is 56.7 Å². The number of nitrogens with zero attached hydrogens (tertiary/aromatic N) is 1. The van der Waals surface area contributed by atoms with Gasteiger partial charge < -0.3 is 25.2 Å². The first kappa shape index (κ1) is 30.2. The fraction of sp³-hybridized carbons (Fsp3) is 0.310. The van der Waals surface area contributed by atoms with Gasteiger partial charge in [-0.15, -0.1) is 0 Å². The van der Waals surface area contributed by atoms with Gasteiger partial charge in [0.25, 0.3) is 5.91 Å². The minimum Gasteiger partial charge on any atom is -0.496 e. The van der Waals surface area contributed by atoms with E-state index in [0.717, 1.165) is 64.9 Å². The maximum Gasteiger partial charge on any atom is 0.303 e. The van der Waals surface area contributed by atoms with Crippen LogP contribution in [0.15, 0.2) is 54.6 Å². The Balaban J connectivity index is 0.000000384. The summed E-state index contributed by atoms with van der Waals surface area (Å²) in [4.78, 5) is 23.4. The molecule has 0 saturated carbocycles. The number of hydrogen-bond donors (Lipinski definition) is 2. The van der Waals surface area contributed by atoms with Crippen molar-refractivity contribution in [2.75, 3.05) is 34.9 Å². The zero-order valence-electron chi connectivity index (χ0n) is 22.1. The van der Waals surface area contributed by atoms with Crippen LogP contribution >= 0.6 is 0 Å². The monoisotopic (exact) mass is 528 g/mol. The van der Waals surface area contributed by atoms with E-state index in [1.165, 1.54) is 0 Å². The van der Waals surface area contributed by atoms with Crippen LogP contribution in [0, 0.1) is 11.6 Å². The molecule has 0 spiro atoms. The lowest BCUT2D eigenvalue weighted by atomic mass is 9.97. The smallest absolute Gasteiger partial charge is 0.303 e. The predicted molar refractivity (Wildman–Crippen MR) is 142 cm³/mol. The van der Waals surface area contributed by atoms with E-state index in [-0.39, 0.29) is 6.42 Å². The summed E-state index contributed by atoms with van der Waals surface area (Å²) >= 11 is 0. The number of halogens is 2. The lowest BCUT2D eigenvalue weighted by Crippen LogP contribution is -2.15. The molecule has 204 valence electrons. The van der Waals surface area contributed by atoms with E-state index < -0.39 is 29.1 Å². The summed E-state index contributed by atoms with van der Waals surface area (Å²) in [5.41, 5.74) is 8.32. The third-order valence-corrected chi connectivity index (χ3v) is 5.76. The molecule has 0 aliphatic heterocycles.